The quantitative estimate of drug-likeness (QED) is 0.823. The SMILES string of the molecule is COc1c(C)cc(Cl)cc1C(=O)N1CCCCC1. The Bertz CT molecular complexity index is 453. The number of aryl methyl sites for hydroxylation is 1. The number of benzene rings is 1. The summed E-state index contributed by atoms with van der Waals surface area (Å²) in [6, 6.07) is 3.51. The van der Waals surface area contributed by atoms with Crippen LogP contribution in [0.4, 0.5) is 0 Å². The second-order valence-electron chi connectivity index (χ2n) is 4.66. The molecule has 0 aliphatic carbocycles. The summed E-state index contributed by atoms with van der Waals surface area (Å²) in [7, 11) is 1.59. The molecule has 0 spiro atoms. The lowest BCUT2D eigenvalue weighted by Crippen LogP contribution is -2.35. The van der Waals surface area contributed by atoms with Crippen molar-refractivity contribution in [3.63, 3.8) is 0 Å². The second-order valence-corrected chi connectivity index (χ2v) is 5.09. The molecule has 0 radical (unpaired) electrons. The van der Waals surface area contributed by atoms with E-state index in [1.807, 2.05) is 17.9 Å². The van der Waals surface area contributed by atoms with E-state index in [-0.39, 0.29) is 5.91 Å². The van der Waals surface area contributed by atoms with E-state index in [0.717, 1.165) is 31.5 Å². The number of hydrogen-bond donors (Lipinski definition) is 0. The summed E-state index contributed by atoms with van der Waals surface area (Å²) in [4.78, 5) is 14.4. The molecule has 0 bridgehead atoms. The fourth-order valence-corrected chi connectivity index (χ4v) is 2.70. The minimum Gasteiger partial charge on any atom is -0.496 e. The summed E-state index contributed by atoms with van der Waals surface area (Å²) in [5.74, 6) is 0.659. The molecule has 4 heteroatoms. The lowest BCUT2D eigenvalue weighted by molar-refractivity contribution is 0.0721. The van der Waals surface area contributed by atoms with Crippen molar-refractivity contribution in [3.05, 3.63) is 28.3 Å². The molecule has 0 aromatic heterocycles. The predicted octanol–water partition coefficient (Wildman–Crippen LogP) is 3.28. The number of rotatable bonds is 2. The van der Waals surface area contributed by atoms with Gasteiger partial charge in [-0.3, -0.25) is 4.79 Å². The zero-order valence-electron chi connectivity index (χ0n) is 10.8. The van der Waals surface area contributed by atoms with E-state index in [9.17, 15) is 4.79 Å². The first-order valence-corrected chi connectivity index (χ1v) is 6.64. The number of likely N-dealkylation sites (tertiary alicyclic amines) is 1. The van der Waals surface area contributed by atoms with Crippen LogP contribution in [-0.2, 0) is 0 Å². The number of carbonyl (C=O) groups excluding carboxylic acids is 1. The van der Waals surface area contributed by atoms with Crippen LogP contribution in [-0.4, -0.2) is 31.0 Å². The topological polar surface area (TPSA) is 29.5 Å². The molecule has 0 atom stereocenters. The molecule has 0 unspecified atom stereocenters. The molecule has 98 valence electrons. The van der Waals surface area contributed by atoms with E-state index in [1.54, 1.807) is 13.2 Å². The molecule has 18 heavy (non-hydrogen) atoms. The summed E-state index contributed by atoms with van der Waals surface area (Å²) in [6.45, 7) is 3.55. The molecule has 2 rings (SSSR count). The summed E-state index contributed by atoms with van der Waals surface area (Å²) >= 11 is 6.04. The number of piperidine rings is 1. The number of methoxy groups -OCH3 is 1. The van der Waals surface area contributed by atoms with E-state index in [0.29, 0.717) is 16.3 Å². The zero-order chi connectivity index (χ0) is 13.1. The van der Waals surface area contributed by atoms with Gasteiger partial charge in [-0.1, -0.05) is 11.6 Å². The van der Waals surface area contributed by atoms with Crippen molar-refractivity contribution in [3.8, 4) is 5.75 Å². The van der Waals surface area contributed by atoms with Crippen molar-refractivity contribution in [2.45, 2.75) is 26.2 Å². The van der Waals surface area contributed by atoms with Crippen molar-refractivity contribution >= 4 is 17.5 Å². The Hall–Kier alpha value is -1.22. The maximum atomic E-state index is 12.5. The van der Waals surface area contributed by atoms with E-state index < -0.39 is 0 Å². The highest BCUT2D eigenvalue weighted by molar-refractivity contribution is 6.31. The average Bonchev–Trinajstić information content (AvgIpc) is 2.38. The Morgan fingerprint density at radius 2 is 1.94 bits per heavy atom. The molecule has 3 nitrogen and oxygen atoms in total. The van der Waals surface area contributed by atoms with Gasteiger partial charge in [-0.05, 0) is 43.9 Å². The van der Waals surface area contributed by atoms with Gasteiger partial charge in [0.25, 0.3) is 5.91 Å². The molecular formula is C14H18ClNO2. The molecule has 0 saturated carbocycles. The van der Waals surface area contributed by atoms with Crippen LogP contribution in [0.25, 0.3) is 0 Å². The summed E-state index contributed by atoms with van der Waals surface area (Å²) in [5.41, 5.74) is 1.47. The van der Waals surface area contributed by atoms with Crippen molar-refractivity contribution in [1.29, 1.82) is 0 Å². The molecule has 0 N–H and O–H groups in total. The van der Waals surface area contributed by atoms with Crippen LogP contribution in [0.15, 0.2) is 12.1 Å². The standard InChI is InChI=1S/C14H18ClNO2/c1-10-8-11(15)9-12(13(10)18-2)14(17)16-6-4-3-5-7-16/h8-9H,3-7H2,1-2H3. The molecule has 1 aromatic carbocycles. The van der Waals surface area contributed by atoms with Gasteiger partial charge in [-0.15, -0.1) is 0 Å². The second kappa shape index (κ2) is 5.61. The smallest absolute Gasteiger partial charge is 0.257 e. The number of halogens is 1. The normalized spacial score (nSPS) is 15.6. The first-order valence-electron chi connectivity index (χ1n) is 6.27. The van der Waals surface area contributed by atoms with Gasteiger partial charge in [0.15, 0.2) is 0 Å². The summed E-state index contributed by atoms with van der Waals surface area (Å²) in [5, 5.41) is 0.577. The molecule has 1 saturated heterocycles. The van der Waals surface area contributed by atoms with Crippen LogP contribution in [0.5, 0.6) is 5.75 Å². The monoisotopic (exact) mass is 267 g/mol. The molecule has 1 aliphatic rings. The first kappa shape index (κ1) is 13.2. The lowest BCUT2D eigenvalue weighted by Gasteiger charge is -2.27. The van der Waals surface area contributed by atoms with Crippen LogP contribution in [0.3, 0.4) is 0 Å². The Morgan fingerprint density at radius 1 is 1.28 bits per heavy atom. The van der Waals surface area contributed by atoms with Gasteiger partial charge in [0.05, 0.1) is 12.7 Å². The minimum atomic E-state index is 0.0251. The number of ether oxygens (including phenoxy) is 1. The third kappa shape index (κ3) is 2.61. The molecular weight excluding hydrogens is 250 g/mol. The Balaban J connectivity index is 2.33. The van der Waals surface area contributed by atoms with Gasteiger partial charge in [-0.25, -0.2) is 0 Å². The maximum Gasteiger partial charge on any atom is 0.257 e. The van der Waals surface area contributed by atoms with Gasteiger partial charge in [-0.2, -0.15) is 0 Å². The fraction of sp³-hybridized carbons (Fsp3) is 0.500. The van der Waals surface area contributed by atoms with Gasteiger partial charge in [0, 0.05) is 18.1 Å². The molecule has 1 amide bonds. The highest BCUT2D eigenvalue weighted by Crippen LogP contribution is 2.29. The van der Waals surface area contributed by atoms with E-state index in [2.05, 4.69) is 0 Å². The van der Waals surface area contributed by atoms with Gasteiger partial charge in [0.2, 0.25) is 0 Å². The van der Waals surface area contributed by atoms with Crippen molar-refractivity contribution < 1.29 is 9.53 Å². The Morgan fingerprint density at radius 3 is 2.56 bits per heavy atom. The minimum absolute atomic E-state index is 0.0251. The summed E-state index contributed by atoms with van der Waals surface area (Å²) < 4.78 is 5.34. The van der Waals surface area contributed by atoms with Crippen LogP contribution >= 0.6 is 11.6 Å². The van der Waals surface area contributed by atoms with Crippen molar-refractivity contribution in [1.82, 2.24) is 4.90 Å². The first-order chi connectivity index (χ1) is 8.63. The number of nitrogens with zero attached hydrogens (tertiary/aromatic N) is 1. The fourth-order valence-electron chi connectivity index (χ4n) is 2.43. The predicted molar refractivity (Wildman–Crippen MR) is 72.5 cm³/mol. The average molecular weight is 268 g/mol. The van der Waals surface area contributed by atoms with Gasteiger partial charge >= 0.3 is 0 Å². The third-order valence-corrected chi connectivity index (χ3v) is 3.54. The highest BCUT2D eigenvalue weighted by atomic mass is 35.5. The van der Waals surface area contributed by atoms with Crippen LogP contribution < -0.4 is 4.74 Å². The van der Waals surface area contributed by atoms with Crippen LogP contribution in [0.2, 0.25) is 5.02 Å². The third-order valence-electron chi connectivity index (χ3n) is 3.32. The van der Waals surface area contributed by atoms with Crippen LogP contribution in [0.1, 0.15) is 35.2 Å². The van der Waals surface area contributed by atoms with Crippen molar-refractivity contribution in [2.75, 3.05) is 20.2 Å². The largest absolute Gasteiger partial charge is 0.496 e. The molecule has 1 aromatic rings. The van der Waals surface area contributed by atoms with E-state index in [4.69, 9.17) is 16.3 Å². The zero-order valence-corrected chi connectivity index (χ0v) is 11.6. The Kier molecular flexibility index (Phi) is 4.12. The number of amides is 1. The van der Waals surface area contributed by atoms with E-state index in [1.165, 1.54) is 6.42 Å². The molecule has 1 fully saturated rings. The maximum absolute atomic E-state index is 12.5. The van der Waals surface area contributed by atoms with Gasteiger partial charge in [0.1, 0.15) is 5.75 Å². The van der Waals surface area contributed by atoms with E-state index >= 15 is 0 Å². The van der Waals surface area contributed by atoms with Crippen LogP contribution in [0, 0.1) is 6.92 Å². The van der Waals surface area contributed by atoms with Gasteiger partial charge < -0.3 is 9.64 Å². The lowest BCUT2D eigenvalue weighted by atomic mass is 10.1. The highest BCUT2D eigenvalue weighted by Gasteiger charge is 2.22. The van der Waals surface area contributed by atoms with Crippen molar-refractivity contribution in [2.24, 2.45) is 0 Å². The molecule has 1 aliphatic heterocycles. The molecule has 1 heterocycles. The number of hydrogen-bond acceptors (Lipinski definition) is 2. The summed E-state index contributed by atoms with van der Waals surface area (Å²) in [6.07, 6.45) is 3.36. The number of carbonyl (C=O) groups is 1. The Labute approximate surface area is 113 Å².